The van der Waals surface area contributed by atoms with Crippen LogP contribution in [0.15, 0.2) is 168 Å². The second-order valence-electron chi connectivity index (χ2n) is 17.6. The van der Waals surface area contributed by atoms with Crippen molar-refractivity contribution in [3.05, 3.63) is 197 Å². The summed E-state index contributed by atoms with van der Waals surface area (Å²) in [5.41, 5.74) is 15.8. The lowest BCUT2D eigenvalue weighted by Crippen LogP contribution is -2.21. The van der Waals surface area contributed by atoms with Crippen LogP contribution in [0.25, 0.3) is 44.5 Å². The highest BCUT2D eigenvalue weighted by Gasteiger charge is 2.37. The summed E-state index contributed by atoms with van der Waals surface area (Å²) >= 11 is 0. The number of nitrogens with two attached hydrogens (primary N) is 4. The number of anilines is 1. The number of sulfonamides is 2. The molecule has 3 aromatic heterocycles. The largest absolute Gasteiger partial charge is 0.435 e. The molecule has 10 rings (SSSR count). The van der Waals surface area contributed by atoms with E-state index in [1.165, 1.54) is 33.6 Å². The molecule has 0 saturated carbocycles. The maximum absolute atomic E-state index is 13.6. The summed E-state index contributed by atoms with van der Waals surface area (Å²) in [6.07, 6.45) is -6.92. The lowest BCUT2D eigenvalue weighted by Gasteiger charge is -2.20. The minimum absolute atomic E-state index is 0.00449. The van der Waals surface area contributed by atoms with Crippen LogP contribution in [0.2, 0.25) is 0 Å². The van der Waals surface area contributed by atoms with E-state index in [1.807, 2.05) is 17.0 Å². The molecule has 0 amide bonds. The molecular weight excluding hydrogens is 1030 g/mol. The second kappa shape index (κ2) is 19.9. The molecule has 6 aromatic carbocycles. The number of primary sulfonamides is 2. The van der Waals surface area contributed by atoms with Gasteiger partial charge in [0, 0.05) is 51.6 Å². The lowest BCUT2D eigenvalue weighted by molar-refractivity contribution is -0.142. The molecule has 1 aliphatic heterocycles. The Labute approximate surface area is 430 Å². The molecule has 4 heterocycles. The van der Waals surface area contributed by atoms with Gasteiger partial charge in [-0.3, -0.25) is 10.8 Å². The Morgan fingerprint density at radius 1 is 0.566 bits per heavy atom. The zero-order chi connectivity index (χ0) is 54.5. The maximum Gasteiger partial charge on any atom is 0.435 e. The number of aromatic nitrogens is 5. The second-order valence-corrected chi connectivity index (χ2v) is 20.7. The first-order valence-corrected chi connectivity index (χ1v) is 25.9. The van der Waals surface area contributed by atoms with Crippen molar-refractivity contribution in [2.75, 3.05) is 11.4 Å². The minimum Gasteiger partial charge on any atom is -0.384 e. The zero-order valence-corrected chi connectivity index (χ0v) is 41.2. The van der Waals surface area contributed by atoms with Crippen molar-refractivity contribution in [3.8, 4) is 33.6 Å². The standard InChI is InChI=1S/C26H23F3N6O2S.C26H21F3N6O2S/c2*27-26(28,29)24-14-20(35(33-24)19-5-3-4-18(13-19)25(30)31)15-34-11-10-17-12-16(8-9-22(17)34)21-6-1-2-7-23(21)38(32,36)37/h1-9,12-14H,10-11,15H2,(H3,30,31)(H2,32,36,37);1-14H,15H2,(H3,30,31)(H2,32,36,37). The molecule has 76 heavy (non-hydrogen) atoms. The van der Waals surface area contributed by atoms with Gasteiger partial charge in [-0.1, -0.05) is 72.8 Å². The van der Waals surface area contributed by atoms with Crippen molar-refractivity contribution in [3.63, 3.8) is 0 Å². The van der Waals surface area contributed by atoms with Crippen LogP contribution in [0.1, 0.15) is 39.5 Å². The molecule has 0 fully saturated rings. The van der Waals surface area contributed by atoms with E-state index >= 15 is 0 Å². The highest BCUT2D eigenvalue weighted by atomic mass is 32.2. The third-order valence-electron chi connectivity index (χ3n) is 12.5. The summed E-state index contributed by atoms with van der Waals surface area (Å²) in [6, 6.07) is 40.0. The Bertz CT molecular complexity index is 3980. The molecule has 0 aliphatic carbocycles. The molecule has 0 atom stereocenters. The smallest absolute Gasteiger partial charge is 0.384 e. The molecule has 0 radical (unpaired) electrons. The highest BCUT2D eigenvalue weighted by Crippen LogP contribution is 2.38. The van der Waals surface area contributed by atoms with Crippen LogP contribution in [-0.4, -0.2) is 59.2 Å². The van der Waals surface area contributed by atoms with E-state index in [2.05, 4.69) is 10.2 Å². The summed E-state index contributed by atoms with van der Waals surface area (Å²) in [6.45, 7) is 0.757. The van der Waals surface area contributed by atoms with Crippen LogP contribution in [0.4, 0.5) is 32.0 Å². The number of nitrogens with zero attached hydrogens (tertiary/aromatic N) is 6. The van der Waals surface area contributed by atoms with E-state index < -0.39 is 43.8 Å². The molecule has 0 unspecified atom stereocenters. The predicted octanol–water partition coefficient (Wildman–Crippen LogP) is 8.54. The average Bonchev–Trinajstić information content (AvgIpc) is 4.21. The van der Waals surface area contributed by atoms with Gasteiger partial charge in [-0.25, -0.2) is 36.5 Å². The summed E-state index contributed by atoms with van der Waals surface area (Å²) in [5, 5.41) is 34.5. The monoisotopic (exact) mass is 1080 g/mol. The molecule has 0 bridgehead atoms. The van der Waals surface area contributed by atoms with E-state index in [0.717, 1.165) is 34.3 Å². The Balaban J connectivity index is 0.000000186. The van der Waals surface area contributed by atoms with Gasteiger partial charge in [0.25, 0.3) is 0 Å². The van der Waals surface area contributed by atoms with Crippen LogP contribution in [-0.2, 0) is 51.9 Å². The number of amidine groups is 2. The van der Waals surface area contributed by atoms with Crippen molar-refractivity contribution in [1.82, 2.24) is 24.1 Å². The maximum atomic E-state index is 13.6. The van der Waals surface area contributed by atoms with E-state index in [0.29, 0.717) is 63.4 Å². The minimum atomic E-state index is -4.65. The molecule has 0 spiro atoms. The van der Waals surface area contributed by atoms with E-state index in [1.54, 1.807) is 114 Å². The molecule has 390 valence electrons. The summed E-state index contributed by atoms with van der Waals surface area (Å²) in [7, 11) is -7.88. The van der Waals surface area contributed by atoms with Crippen LogP contribution in [0.3, 0.4) is 0 Å². The summed E-state index contributed by atoms with van der Waals surface area (Å²) in [4.78, 5) is 1.97. The molecule has 24 heteroatoms. The van der Waals surface area contributed by atoms with Crippen molar-refractivity contribution in [1.29, 1.82) is 10.8 Å². The number of fused-ring (bicyclic) bond motifs is 2. The van der Waals surface area contributed by atoms with Crippen molar-refractivity contribution >= 4 is 48.3 Å². The number of rotatable bonds is 12. The Kier molecular flexibility index (Phi) is 13.7. The van der Waals surface area contributed by atoms with Gasteiger partial charge in [0.2, 0.25) is 20.0 Å². The van der Waals surface area contributed by atoms with Crippen LogP contribution in [0.5, 0.6) is 0 Å². The first kappa shape index (κ1) is 52.3. The van der Waals surface area contributed by atoms with Gasteiger partial charge in [-0.15, -0.1) is 0 Å². The zero-order valence-electron chi connectivity index (χ0n) is 39.5. The van der Waals surface area contributed by atoms with Gasteiger partial charge in [-0.05, 0) is 102 Å². The molecule has 9 aromatic rings. The van der Waals surface area contributed by atoms with Crippen molar-refractivity contribution < 1.29 is 43.2 Å². The molecular formula is C52H44F6N12O4S2. The van der Waals surface area contributed by atoms with Crippen LogP contribution >= 0.6 is 0 Å². The fourth-order valence-corrected chi connectivity index (χ4v) is 10.5. The van der Waals surface area contributed by atoms with E-state index in [-0.39, 0.29) is 40.2 Å². The van der Waals surface area contributed by atoms with Crippen molar-refractivity contribution in [2.24, 2.45) is 21.7 Å². The normalized spacial score (nSPS) is 12.9. The number of hydrogen-bond acceptors (Lipinski definition) is 9. The number of benzene rings is 6. The van der Waals surface area contributed by atoms with Gasteiger partial charge in [-0.2, -0.15) is 36.5 Å². The third kappa shape index (κ3) is 11.0. The molecule has 16 nitrogen and oxygen atoms in total. The predicted molar refractivity (Wildman–Crippen MR) is 275 cm³/mol. The average molecular weight is 1080 g/mol. The Hall–Kier alpha value is -8.58. The summed E-state index contributed by atoms with van der Waals surface area (Å²) in [5.74, 6) is -0.419. The number of alkyl halides is 6. The molecule has 0 saturated heterocycles. The summed E-state index contributed by atoms with van der Waals surface area (Å²) < 4.78 is 134. The lowest BCUT2D eigenvalue weighted by atomic mass is 10.0. The number of nitrogen functional groups attached to an aromatic ring is 2. The molecule has 10 N–H and O–H groups in total. The van der Waals surface area contributed by atoms with Crippen molar-refractivity contribution in [2.45, 2.75) is 41.7 Å². The fourth-order valence-electron chi connectivity index (χ4n) is 8.98. The van der Waals surface area contributed by atoms with Gasteiger partial charge in [0.15, 0.2) is 11.4 Å². The van der Waals surface area contributed by atoms with Gasteiger partial charge < -0.3 is 20.9 Å². The number of nitrogens with one attached hydrogen (secondary N) is 2. The Morgan fingerprint density at radius 3 is 1.55 bits per heavy atom. The fraction of sp³-hybridized carbons (Fsp3) is 0.115. The number of hydrogen-bond donors (Lipinski definition) is 6. The van der Waals surface area contributed by atoms with Crippen LogP contribution in [0, 0.1) is 10.8 Å². The Morgan fingerprint density at radius 2 is 1.05 bits per heavy atom. The van der Waals surface area contributed by atoms with E-state index in [9.17, 15) is 43.2 Å². The molecule has 1 aliphatic rings. The first-order valence-electron chi connectivity index (χ1n) is 22.8. The van der Waals surface area contributed by atoms with Gasteiger partial charge in [0.1, 0.15) is 11.7 Å². The quantitative estimate of drug-likeness (QED) is 0.0388. The topological polar surface area (TPSA) is 264 Å². The van der Waals surface area contributed by atoms with Gasteiger partial charge in [0.05, 0.1) is 45.6 Å². The van der Waals surface area contributed by atoms with Gasteiger partial charge >= 0.3 is 12.4 Å². The number of halogens is 6. The highest BCUT2D eigenvalue weighted by molar-refractivity contribution is 7.89. The van der Waals surface area contributed by atoms with Crippen LogP contribution < -0.4 is 26.6 Å². The first-order chi connectivity index (χ1) is 35.8. The third-order valence-corrected chi connectivity index (χ3v) is 14.4. The van der Waals surface area contributed by atoms with E-state index in [4.69, 9.17) is 32.6 Å². The SMILES string of the molecule is N=C(N)c1cccc(-n2nc(C(F)(F)F)cc2CN2CCc3cc(-c4ccccc4S(N)(=O)=O)ccc32)c1.N=C(N)c1cccc(-n2nc(C(F)(F)F)cc2Cn2ccc3cc(-c4ccccc4S(N)(=O)=O)ccc32)c1.